The van der Waals surface area contributed by atoms with E-state index < -0.39 is 0 Å². The number of fused-ring (bicyclic) bond motifs is 1. The van der Waals surface area contributed by atoms with Crippen LogP contribution in [0.2, 0.25) is 0 Å². The summed E-state index contributed by atoms with van der Waals surface area (Å²) in [5.41, 5.74) is 2.36. The van der Waals surface area contributed by atoms with E-state index in [4.69, 9.17) is 4.74 Å². The minimum absolute atomic E-state index is 0.354. The smallest absolute Gasteiger partial charge is 0.338 e. The average molecular weight is 240 g/mol. The molecule has 0 saturated carbocycles. The van der Waals surface area contributed by atoms with Gasteiger partial charge in [0.2, 0.25) is 0 Å². The Kier molecular flexibility index (Phi) is 3.47. The highest BCUT2D eigenvalue weighted by Gasteiger charge is 2.11. The van der Waals surface area contributed by atoms with Gasteiger partial charge in [0.15, 0.2) is 0 Å². The van der Waals surface area contributed by atoms with Gasteiger partial charge in [-0.25, -0.2) is 4.79 Å². The van der Waals surface area contributed by atoms with Crippen molar-refractivity contribution in [2.24, 2.45) is 0 Å². The van der Waals surface area contributed by atoms with Gasteiger partial charge in [0.05, 0.1) is 12.2 Å². The van der Waals surface area contributed by atoms with Crippen molar-refractivity contribution in [2.75, 3.05) is 6.61 Å². The van der Waals surface area contributed by atoms with Crippen molar-refractivity contribution in [1.82, 2.24) is 0 Å². The highest BCUT2D eigenvalue weighted by atomic mass is 16.5. The second-order valence-electron chi connectivity index (χ2n) is 4.21. The fourth-order valence-electron chi connectivity index (χ4n) is 2.01. The van der Waals surface area contributed by atoms with Crippen LogP contribution < -0.4 is 0 Å². The van der Waals surface area contributed by atoms with E-state index in [-0.39, 0.29) is 5.97 Å². The number of esters is 1. The lowest BCUT2D eigenvalue weighted by Crippen LogP contribution is -2.06. The van der Waals surface area contributed by atoms with Gasteiger partial charge in [0, 0.05) is 0 Å². The molecule has 0 aromatic heterocycles. The monoisotopic (exact) mass is 240 g/mol. The van der Waals surface area contributed by atoms with Crippen LogP contribution in [0.15, 0.2) is 43.0 Å². The van der Waals surface area contributed by atoms with Gasteiger partial charge in [-0.3, -0.25) is 0 Å². The minimum Gasteiger partial charge on any atom is -0.462 e. The summed E-state index contributed by atoms with van der Waals surface area (Å²) in [7, 11) is 0. The fraction of sp³-hybridized carbons (Fsp3) is 0.188. The molecule has 0 radical (unpaired) electrons. The van der Waals surface area contributed by atoms with Gasteiger partial charge < -0.3 is 4.74 Å². The zero-order chi connectivity index (χ0) is 13.1. The van der Waals surface area contributed by atoms with Crippen molar-refractivity contribution in [2.45, 2.75) is 13.8 Å². The number of hydrogen-bond acceptors (Lipinski definition) is 2. The predicted octanol–water partition coefficient (Wildman–Crippen LogP) is 3.72. The Morgan fingerprint density at radius 3 is 2.72 bits per heavy atom. The molecule has 0 atom stereocenters. The van der Waals surface area contributed by atoms with Crippen molar-refractivity contribution in [3.05, 3.63) is 54.1 Å². The maximum atomic E-state index is 11.7. The molecule has 18 heavy (non-hydrogen) atoms. The van der Waals surface area contributed by atoms with Crippen molar-refractivity contribution in [1.29, 1.82) is 0 Å². The first-order chi connectivity index (χ1) is 8.63. The molecule has 0 spiro atoms. The summed E-state index contributed by atoms with van der Waals surface area (Å²) in [5, 5.41) is 2.30. The van der Waals surface area contributed by atoms with Gasteiger partial charge in [0.1, 0.15) is 0 Å². The molecule has 0 fully saturated rings. The van der Waals surface area contributed by atoms with E-state index in [2.05, 4.69) is 12.6 Å². The van der Waals surface area contributed by atoms with Gasteiger partial charge in [0.25, 0.3) is 0 Å². The number of carbonyl (C=O) groups is 1. The molecule has 0 aliphatic rings. The summed E-state index contributed by atoms with van der Waals surface area (Å²) in [5.74, 6) is -0.354. The second-order valence-corrected chi connectivity index (χ2v) is 4.21. The first-order valence-corrected chi connectivity index (χ1v) is 5.99. The molecule has 92 valence electrons. The molecule has 0 aliphatic carbocycles. The minimum atomic E-state index is -0.354. The second kappa shape index (κ2) is 5.05. The van der Waals surface area contributed by atoms with Crippen molar-refractivity contribution >= 4 is 22.3 Å². The van der Waals surface area contributed by atoms with Gasteiger partial charge in [-0.05, 0) is 41.8 Å². The number of aryl methyl sites for hydroxylation is 1. The lowest BCUT2D eigenvalue weighted by atomic mass is 9.98. The molecular weight excluding hydrogens is 224 g/mol. The molecular formula is C16H16O2. The molecule has 2 nitrogen and oxygen atoms in total. The van der Waals surface area contributed by atoms with E-state index in [0.717, 1.165) is 16.5 Å². The molecule has 0 bridgehead atoms. The Morgan fingerprint density at radius 1 is 1.28 bits per heavy atom. The van der Waals surface area contributed by atoms with E-state index in [1.807, 2.05) is 37.3 Å². The molecule has 0 aliphatic heterocycles. The highest BCUT2D eigenvalue weighted by Crippen LogP contribution is 2.24. The normalized spacial score (nSPS) is 10.3. The molecule has 2 heteroatoms. The number of ether oxygens (including phenoxy) is 1. The van der Waals surface area contributed by atoms with Crippen LogP contribution >= 0.6 is 0 Å². The van der Waals surface area contributed by atoms with Gasteiger partial charge in [-0.2, -0.15) is 0 Å². The Balaban J connectivity index is 2.46. The summed E-state index contributed by atoms with van der Waals surface area (Å²) >= 11 is 0. The SMILES string of the molecule is C=C(C(=O)OCC)c1cc(C)c2ccccc2c1. The summed E-state index contributed by atoms with van der Waals surface area (Å²) in [6.45, 7) is 8.00. The Bertz CT molecular complexity index is 612. The van der Waals surface area contributed by atoms with E-state index in [1.54, 1.807) is 6.92 Å². The molecule has 0 N–H and O–H groups in total. The lowest BCUT2D eigenvalue weighted by molar-refractivity contribution is -0.136. The van der Waals surface area contributed by atoms with Gasteiger partial charge >= 0.3 is 5.97 Å². The standard InChI is InChI=1S/C16H16O2/c1-4-18-16(17)12(3)14-9-11(2)15-8-6-5-7-13(15)10-14/h5-10H,3-4H2,1-2H3. The largest absolute Gasteiger partial charge is 0.462 e. The number of carbonyl (C=O) groups excluding carboxylic acids is 1. The van der Waals surface area contributed by atoms with Gasteiger partial charge in [-0.15, -0.1) is 0 Å². The van der Waals surface area contributed by atoms with Crippen LogP contribution in [0.4, 0.5) is 0 Å². The highest BCUT2D eigenvalue weighted by molar-refractivity contribution is 6.16. The molecule has 0 amide bonds. The number of hydrogen-bond donors (Lipinski definition) is 0. The maximum Gasteiger partial charge on any atom is 0.338 e. The molecule has 2 aromatic rings. The van der Waals surface area contributed by atoms with Crippen LogP contribution in [0.1, 0.15) is 18.1 Å². The van der Waals surface area contributed by atoms with Crippen LogP contribution in [0, 0.1) is 6.92 Å². The first kappa shape index (κ1) is 12.4. The average Bonchev–Trinajstić information content (AvgIpc) is 2.38. The van der Waals surface area contributed by atoms with Crippen molar-refractivity contribution in [3.63, 3.8) is 0 Å². The summed E-state index contributed by atoms with van der Waals surface area (Å²) in [6, 6.07) is 12.0. The molecule has 0 saturated heterocycles. The Hall–Kier alpha value is -2.09. The molecule has 0 unspecified atom stereocenters. The zero-order valence-electron chi connectivity index (χ0n) is 10.7. The van der Waals surface area contributed by atoms with Crippen LogP contribution in [0.25, 0.3) is 16.3 Å². The third-order valence-corrected chi connectivity index (χ3v) is 2.94. The van der Waals surface area contributed by atoms with E-state index >= 15 is 0 Å². The Labute approximate surface area is 107 Å². The van der Waals surface area contributed by atoms with Crippen LogP contribution in [-0.4, -0.2) is 12.6 Å². The predicted molar refractivity (Wildman–Crippen MR) is 74.4 cm³/mol. The molecule has 0 heterocycles. The summed E-state index contributed by atoms with van der Waals surface area (Å²) in [4.78, 5) is 11.7. The quantitative estimate of drug-likeness (QED) is 0.603. The third kappa shape index (κ3) is 2.28. The van der Waals surface area contributed by atoms with Crippen LogP contribution in [0.5, 0.6) is 0 Å². The van der Waals surface area contributed by atoms with Crippen LogP contribution in [-0.2, 0) is 9.53 Å². The summed E-state index contributed by atoms with van der Waals surface area (Å²) in [6.07, 6.45) is 0. The first-order valence-electron chi connectivity index (χ1n) is 5.99. The lowest BCUT2D eigenvalue weighted by Gasteiger charge is -2.09. The third-order valence-electron chi connectivity index (χ3n) is 2.94. The van der Waals surface area contributed by atoms with Crippen LogP contribution in [0.3, 0.4) is 0 Å². The van der Waals surface area contributed by atoms with E-state index in [1.165, 1.54) is 5.39 Å². The molecule has 2 rings (SSSR count). The topological polar surface area (TPSA) is 26.3 Å². The maximum absolute atomic E-state index is 11.7. The van der Waals surface area contributed by atoms with E-state index in [9.17, 15) is 4.79 Å². The zero-order valence-corrected chi connectivity index (χ0v) is 10.7. The summed E-state index contributed by atoms with van der Waals surface area (Å²) < 4.78 is 4.97. The van der Waals surface area contributed by atoms with E-state index in [0.29, 0.717) is 12.2 Å². The van der Waals surface area contributed by atoms with Crippen molar-refractivity contribution in [3.8, 4) is 0 Å². The Morgan fingerprint density at radius 2 is 2.00 bits per heavy atom. The number of rotatable bonds is 3. The van der Waals surface area contributed by atoms with Gasteiger partial charge in [-0.1, -0.05) is 36.9 Å². The fourth-order valence-corrected chi connectivity index (χ4v) is 2.01. The van der Waals surface area contributed by atoms with Crippen molar-refractivity contribution < 1.29 is 9.53 Å². The number of benzene rings is 2. The molecule has 2 aromatic carbocycles.